The van der Waals surface area contributed by atoms with Crippen LogP contribution in [-0.2, 0) is 4.74 Å². The molecule has 0 saturated heterocycles. The summed E-state index contributed by atoms with van der Waals surface area (Å²) in [6.07, 6.45) is 0. The van der Waals surface area contributed by atoms with Crippen LogP contribution in [0.3, 0.4) is 0 Å². The average Bonchev–Trinajstić information content (AvgIpc) is 2.90. The number of amides is 1. The van der Waals surface area contributed by atoms with E-state index in [9.17, 15) is 25.0 Å². The van der Waals surface area contributed by atoms with Gasteiger partial charge in [-0.15, -0.1) is 11.3 Å². The Bertz CT molecular complexity index is 948. The van der Waals surface area contributed by atoms with Crippen molar-refractivity contribution in [2.75, 3.05) is 11.9 Å². The van der Waals surface area contributed by atoms with E-state index in [4.69, 9.17) is 16.3 Å². The quantitative estimate of drug-likeness (QED) is 0.466. The van der Waals surface area contributed by atoms with Crippen molar-refractivity contribution in [3.8, 4) is 6.07 Å². The van der Waals surface area contributed by atoms with Crippen molar-refractivity contribution in [3.63, 3.8) is 0 Å². The van der Waals surface area contributed by atoms with Gasteiger partial charge in [0.15, 0.2) is 0 Å². The van der Waals surface area contributed by atoms with Crippen LogP contribution in [0.1, 0.15) is 38.1 Å². The van der Waals surface area contributed by atoms with Crippen LogP contribution in [0.5, 0.6) is 0 Å². The van der Waals surface area contributed by atoms with Gasteiger partial charge in [0, 0.05) is 11.1 Å². The first-order chi connectivity index (χ1) is 12.3. The fraction of sp³-hybridized carbons (Fsp3) is 0.188. The van der Waals surface area contributed by atoms with Crippen LogP contribution in [0.4, 0.5) is 10.7 Å². The predicted octanol–water partition coefficient (Wildman–Crippen LogP) is 3.92. The van der Waals surface area contributed by atoms with Gasteiger partial charge >= 0.3 is 5.97 Å². The summed E-state index contributed by atoms with van der Waals surface area (Å²) in [5.74, 6) is -1.40. The van der Waals surface area contributed by atoms with E-state index in [1.165, 1.54) is 12.1 Å². The lowest BCUT2D eigenvalue weighted by atomic mass is 10.1. The Morgan fingerprint density at radius 1 is 1.46 bits per heavy atom. The summed E-state index contributed by atoms with van der Waals surface area (Å²) in [5.41, 5.74) is -0.209. The Morgan fingerprint density at radius 3 is 2.73 bits per heavy atom. The molecule has 8 nitrogen and oxygen atoms in total. The van der Waals surface area contributed by atoms with E-state index < -0.39 is 22.5 Å². The molecular weight excluding hydrogens is 382 g/mol. The predicted molar refractivity (Wildman–Crippen MR) is 95.8 cm³/mol. The maximum atomic E-state index is 12.5. The summed E-state index contributed by atoms with van der Waals surface area (Å²) in [6, 6.07) is 5.54. The number of esters is 1. The third-order valence-electron chi connectivity index (χ3n) is 3.35. The molecule has 1 aromatic carbocycles. The SMILES string of the molecule is CCOC(=O)c1sc(NC(=O)c2ccc(Cl)cc2[N+](=O)[O-])c(C#N)c1C. The minimum Gasteiger partial charge on any atom is -0.462 e. The molecule has 2 rings (SSSR count). The highest BCUT2D eigenvalue weighted by Gasteiger charge is 2.25. The van der Waals surface area contributed by atoms with Crippen LogP contribution in [0.2, 0.25) is 5.02 Å². The molecule has 1 aromatic heterocycles. The number of nitro benzene ring substituents is 1. The van der Waals surface area contributed by atoms with E-state index in [1.807, 2.05) is 6.07 Å². The number of halogens is 1. The number of nitro groups is 1. The number of benzene rings is 1. The van der Waals surface area contributed by atoms with Gasteiger partial charge in [-0.2, -0.15) is 5.26 Å². The number of rotatable bonds is 5. The second-order valence-electron chi connectivity index (χ2n) is 4.97. The molecule has 0 spiro atoms. The lowest BCUT2D eigenvalue weighted by Gasteiger charge is -2.05. The van der Waals surface area contributed by atoms with Gasteiger partial charge in [0.25, 0.3) is 11.6 Å². The molecule has 0 radical (unpaired) electrons. The zero-order valence-electron chi connectivity index (χ0n) is 13.7. The topological polar surface area (TPSA) is 122 Å². The molecule has 1 amide bonds. The molecule has 0 bridgehead atoms. The second kappa shape index (κ2) is 7.95. The standard InChI is InChI=1S/C16H12ClN3O5S/c1-3-25-16(22)13-8(2)11(7-18)15(26-13)19-14(21)10-5-4-9(17)6-12(10)20(23)24/h4-6H,3H2,1-2H3,(H,19,21). The van der Waals surface area contributed by atoms with Gasteiger partial charge in [-0.1, -0.05) is 11.6 Å². The van der Waals surface area contributed by atoms with Crippen molar-refractivity contribution in [1.82, 2.24) is 0 Å². The third kappa shape index (κ3) is 3.82. The Hall–Kier alpha value is -2.96. The Labute approximate surface area is 157 Å². The van der Waals surface area contributed by atoms with E-state index in [-0.39, 0.29) is 32.6 Å². The van der Waals surface area contributed by atoms with Gasteiger partial charge in [0.05, 0.1) is 17.1 Å². The number of hydrogen-bond acceptors (Lipinski definition) is 7. The summed E-state index contributed by atoms with van der Waals surface area (Å²) in [7, 11) is 0. The van der Waals surface area contributed by atoms with E-state index in [0.717, 1.165) is 17.4 Å². The number of carbonyl (C=O) groups excluding carboxylic acids is 2. The first-order valence-corrected chi connectivity index (χ1v) is 8.45. The molecule has 1 heterocycles. The molecule has 0 unspecified atom stereocenters. The van der Waals surface area contributed by atoms with E-state index in [0.29, 0.717) is 5.56 Å². The summed E-state index contributed by atoms with van der Waals surface area (Å²) in [6.45, 7) is 3.37. The number of nitriles is 1. The smallest absolute Gasteiger partial charge is 0.348 e. The lowest BCUT2D eigenvalue weighted by molar-refractivity contribution is -0.385. The highest BCUT2D eigenvalue weighted by Crippen LogP contribution is 2.34. The van der Waals surface area contributed by atoms with Crippen molar-refractivity contribution in [2.24, 2.45) is 0 Å². The minimum atomic E-state index is -0.790. The molecule has 0 aliphatic rings. The van der Waals surface area contributed by atoms with Gasteiger partial charge in [-0.25, -0.2) is 4.79 Å². The molecule has 0 saturated carbocycles. The molecule has 0 aliphatic heterocycles. The molecular formula is C16H12ClN3O5S. The summed E-state index contributed by atoms with van der Waals surface area (Å²) in [4.78, 5) is 35.0. The van der Waals surface area contributed by atoms with E-state index in [1.54, 1.807) is 13.8 Å². The molecule has 10 heteroatoms. The number of ether oxygens (including phenoxy) is 1. The first kappa shape index (κ1) is 19.4. The van der Waals surface area contributed by atoms with E-state index >= 15 is 0 Å². The van der Waals surface area contributed by atoms with Crippen LogP contribution in [0, 0.1) is 28.4 Å². The van der Waals surface area contributed by atoms with Gasteiger partial charge < -0.3 is 10.1 Å². The normalized spacial score (nSPS) is 10.1. The number of thiophene rings is 1. The monoisotopic (exact) mass is 393 g/mol. The molecule has 1 N–H and O–H groups in total. The lowest BCUT2D eigenvalue weighted by Crippen LogP contribution is -2.13. The zero-order valence-corrected chi connectivity index (χ0v) is 15.2. The third-order valence-corrected chi connectivity index (χ3v) is 4.77. The molecule has 0 atom stereocenters. The van der Waals surface area contributed by atoms with Gasteiger partial charge in [-0.05, 0) is 31.5 Å². The van der Waals surface area contributed by atoms with Crippen molar-refractivity contribution in [3.05, 3.63) is 54.9 Å². The Morgan fingerprint density at radius 2 is 2.15 bits per heavy atom. The summed E-state index contributed by atoms with van der Waals surface area (Å²) in [5, 5.41) is 23.1. The highest BCUT2D eigenvalue weighted by molar-refractivity contribution is 7.18. The highest BCUT2D eigenvalue weighted by atomic mass is 35.5. The first-order valence-electron chi connectivity index (χ1n) is 7.26. The van der Waals surface area contributed by atoms with Crippen LogP contribution in [-0.4, -0.2) is 23.4 Å². The molecule has 2 aromatic rings. The van der Waals surface area contributed by atoms with Crippen molar-refractivity contribution >= 4 is 45.5 Å². The summed E-state index contributed by atoms with van der Waals surface area (Å²) < 4.78 is 4.92. The summed E-state index contributed by atoms with van der Waals surface area (Å²) >= 11 is 6.61. The molecule has 134 valence electrons. The maximum absolute atomic E-state index is 12.5. The molecule has 0 fully saturated rings. The maximum Gasteiger partial charge on any atom is 0.348 e. The molecule has 26 heavy (non-hydrogen) atoms. The van der Waals surface area contributed by atoms with Gasteiger partial charge in [-0.3, -0.25) is 14.9 Å². The van der Waals surface area contributed by atoms with Crippen molar-refractivity contribution in [1.29, 1.82) is 5.26 Å². The van der Waals surface area contributed by atoms with Gasteiger partial charge in [0.1, 0.15) is 21.5 Å². The van der Waals surface area contributed by atoms with E-state index in [2.05, 4.69) is 5.32 Å². The number of carbonyl (C=O) groups is 2. The van der Waals surface area contributed by atoms with Crippen molar-refractivity contribution < 1.29 is 19.2 Å². The van der Waals surface area contributed by atoms with Crippen LogP contribution < -0.4 is 5.32 Å². The largest absolute Gasteiger partial charge is 0.462 e. The Balaban J connectivity index is 2.42. The minimum absolute atomic E-state index is 0.100. The number of hydrogen-bond donors (Lipinski definition) is 1. The van der Waals surface area contributed by atoms with Crippen LogP contribution in [0.15, 0.2) is 18.2 Å². The number of anilines is 1. The average molecular weight is 394 g/mol. The second-order valence-corrected chi connectivity index (χ2v) is 6.42. The Kier molecular flexibility index (Phi) is 5.92. The zero-order chi connectivity index (χ0) is 19.4. The van der Waals surface area contributed by atoms with Crippen LogP contribution >= 0.6 is 22.9 Å². The number of nitrogens with one attached hydrogen (secondary N) is 1. The fourth-order valence-electron chi connectivity index (χ4n) is 2.15. The fourth-order valence-corrected chi connectivity index (χ4v) is 3.36. The van der Waals surface area contributed by atoms with Crippen LogP contribution in [0.25, 0.3) is 0 Å². The number of nitrogens with zero attached hydrogens (tertiary/aromatic N) is 2. The van der Waals surface area contributed by atoms with Crippen molar-refractivity contribution in [2.45, 2.75) is 13.8 Å². The molecule has 0 aliphatic carbocycles. The van der Waals surface area contributed by atoms with Gasteiger partial charge in [0.2, 0.25) is 0 Å².